The van der Waals surface area contributed by atoms with Crippen LogP contribution in [-0.4, -0.2) is 40.0 Å². The highest BCUT2D eigenvalue weighted by Crippen LogP contribution is 2.40. The van der Waals surface area contributed by atoms with Gasteiger partial charge < -0.3 is 10.1 Å². The van der Waals surface area contributed by atoms with E-state index in [0.717, 1.165) is 32.2 Å². The molecule has 1 saturated heterocycles. The predicted molar refractivity (Wildman–Crippen MR) is 126 cm³/mol. The Bertz CT molecular complexity index is 1160. The van der Waals surface area contributed by atoms with E-state index < -0.39 is 17.6 Å². The van der Waals surface area contributed by atoms with Crippen LogP contribution in [0.25, 0.3) is 11.3 Å². The zero-order valence-corrected chi connectivity index (χ0v) is 19.1. The molecule has 1 saturated carbocycles. The van der Waals surface area contributed by atoms with Crippen LogP contribution in [0.5, 0.6) is 0 Å². The Morgan fingerprint density at radius 3 is 2.59 bits per heavy atom. The lowest BCUT2D eigenvalue weighted by Gasteiger charge is -2.35. The van der Waals surface area contributed by atoms with E-state index in [4.69, 9.17) is 4.74 Å². The first-order chi connectivity index (χ1) is 16.0. The van der Waals surface area contributed by atoms with Crippen LogP contribution in [0.15, 0.2) is 54.7 Å². The molecule has 34 heavy (non-hydrogen) atoms. The lowest BCUT2D eigenvalue weighted by molar-refractivity contribution is 0.0148. The Hall–Kier alpha value is -3.33. The van der Waals surface area contributed by atoms with Crippen LogP contribution >= 0.6 is 12.4 Å². The number of hydrogen-bond donors (Lipinski definition) is 1. The molecule has 1 aromatic carbocycles. The molecule has 1 spiro atoms. The molecule has 1 aliphatic heterocycles. The fourth-order valence-electron chi connectivity index (χ4n) is 4.54. The highest BCUT2D eigenvalue weighted by Gasteiger charge is 2.47. The van der Waals surface area contributed by atoms with Crippen molar-refractivity contribution in [3.05, 3.63) is 66.5 Å². The zero-order valence-electron chi connectivity index (χ0n) is 18.3. The largest absolute Gasteiger partial charge is 0.441 e. The molecule has 3 heterocycles. The van der Waals surface area contributed by atoms with Crippen molar-refractivity contribution >= 4 is 30.0 Å². The van der Waals surface area contributed by atoms with Gasteiger partial charge in [-0.3, -0.25) is 4.90 Å². The van der Waals surface area contributed by atoms with Crippen molar-refractivity contribution in [2.24, 2.45) is 5.92 Å². The lowest BCUT2D eigenvalue weighted by Crippen LogP contribution is -2.39. The van der Waals surface area contributed by atoms with Gasteiger partial charge in [-0.15, -0.1) is 22.6 Å². The summed E-state index contributed by atoms with van der Waals surface area (Å²) in [6.07, 6.45) is 4.17. The molecule has 2 aliphatic rings. The van der Waals surface area contributed by atoms with E-state index in [2.05, 4.69) is 20.5 Å². The number of aromatic nitrogens is 3. The topological polar surface area (TPSA) is 80.2 Å². The van der Waals surface area contributed by atoms with Crippen LogP contribution in [-0.2, 0) is 4.74 Å². The lowest BCUT2D eigenvalue weighted by atomic mass is 9.78. The molecule has 178 valence electrons. The minimum atomic E-state index is -0.624. The van der Waals surface area contributed by atoms with Crippen molar-refractivity contribution in [1.29, 1.82) is 0 Å². The zero-order chi connectivity index (χ0) is 22.8. The molecule has 1 amide bonds. The summed E-state index contributed by atoms with van der Waals surface area (Å²) < 4.78 is 33.1. The predicted octanol–water partition coefficient (Wildman–Crippen LogP) is 5.24. The number of rotatable bonds is 5. The minimum absolute atomic E-state index is 0. The SMILES string of the molecule is Cl.O=C1O[C@]2(CC[C@H](CNc3ccc(-c4ccccc4F)nn3)CC2)CN1c1ccnc(F)c1. The van der Waals surface area contributed by atoms with E-state index in [1.54, 1.807) is 36.4 Å². The van der Waals surface area contributed by atoms with Gasteiger partial charge in [0.2, 0.25) is 5.95 Å². The average Bonchev–Trinajstić information content (AvgIpc) is 3.15. The number of amides is 1. The van der Waals surface area contributed by atoms with Crippen LogP contribution < -0.4 is 10.2 Å². The van der Waals surface area contributed by atoms with Crippen molar-refractivity contribution in [3.8, 4) is 11.3 Å². The van der Waals surface area contributed by atoms with Gasteiger partial charge in [-0.25, -0.2) is 14.2 Å². The fourth-order valence-corrected chi connectivity index (χ4v) is 4.54. The van der Waals surface area contributed by atoms with Crippen LogP contribution in [0, 0.1) is 17.7 Å². The third-order valence-corrected chi connectivity index (χ3v) is 6.39. The number of carbonyl (C=O) groups excluding carboxylic acids is 1. The first-order valence-corrected chi connectivity index (χ1v) is 11.0. The summed E-state index contributed by atoms with van der Waals surface area (Å²) in [5.74, 6) is 0.0771. The summed E-state index contributed by atoms with van der Waals surface area (Å²) in [5.41, 5.74) is 0.837. The smallest absolute Gasteiger partial charge is 0.415 e. The maximum Gasteiger partial charge on any atom is 0.415 e. The molecule has 2 fully saturated rings. The van der Waals surface area contributed by atoms with E-state index in [0.29, 0.717) is 35.2 Å². The second-order valence-corrected chi connectivity index (χ2v) is 8.58. The van der Waals surface area contributed by atoms with Gasteiger partial charge in [-0.05, 0) is 61.9 Å². The molecule has 0 bridgehead atoms. The quantitative estimate of drug-likeness (QED) is 0.496. The van der Waals surface area contributed by atoms with Gasteiger partial charge in [0, 0.05) is 24.4 Å². The molecule has 7 nitrogen and oxygen atoms in total. The molecule has 1 N–H and O–H groups in total. The number of ether oxygens (including phenoxy) is 1. The average molecular weight is 488 g/mol. The molecule has 1 aliphatic carbocycles. The van der Waals surface area contributed by atoms with Gasteiger partial charge in [0.25, 0.3) is 0 Å². The molecular formula is C24H24ClF2N5O2. The van der Waals surface area contributed by atoms with Gasteiger partial charge in [-0.2, -0.15) is 4.39 Å². The summed E-state index contributed by atoms with van der Waals surface area (Å²) in [4.78, 5) is 17.4. The van der Waals surface area contributed by atoms with Crippen molar-refractivity contribution < 1.29 is 18.3 Å². The van der Waals surface area contributed by atoms with E-state index >= 15 is 0 Å². The van der Waals surface area contributed by atoms with E-state index in [-0.39, 0.29) is 18.2 Å². The summed E-state index contributed by atoms with van der Waals surface area (Å²) in [5, 5.41) is 11.6. The monoisotopic (exact) mass is 487 g/mol. The summed E-state index contributed by atoms with van der Waals surface area (Å²) in [6.45, 7) is 1.13. The Morgan fingerprint density at radius 2 is 1.88 bits per heavy atom. The second kappa shape index (κ2) is 9.89. The van der Waals surface area contributed by atoms with Gasteiger partial charge in [0.1, 0.15) is 17.2 Å². The normalized spacial score (nSPS) is 21.8. The van der Waals surface area contributed by atoms with Crippen LogP contribution in [0.3, 0.4) is 0 Å². The maximum absolute atomic E-state index is 13.9. The molecule has 2 aromatic heterocycles. The second-order valence-electron chi connectivity index (χ2n) is 8.58. The van der Waals surface area contributed by atoms with E-state index in [9.17, 15) is 13.6 Å². The fraction of sp³-hybridized carbons (Fsp3) is 0.333. The number of hydrogen-bond acceptors (Lipinski definition) is 6. The van der Waals surface area contributed by atoms with Gasteiger partial charge >= 0.3 is 6.09 Å². The summed E-state index contributed by atoms with van der Waals surface area (Å²) in [7, 11) is 0. The standard InChI is InChI=1S/C24H23F2N5O2.ClH/c25-19-4-2-1-3-18(19)20-5-6-22(30-29-20)28-14-16-7-10-24(11-8-16)15-31(23(32)33-24)17-9-12-27-21(26)13-17;/h1-6,9,12-13,16H,7-8,10-11,14-15H2,(H,28,30);1H/t16-,24-;. The number of anilines is 2. The third-order valence-electron chi connectivity index (χ3n) is 6.39. The molecule has 5 rings (SSSR count). The van der Waals surface area contributed by atoms with E-state index in [1.165, 1.54) is 23.2 Å². The third kappa shape index (κ3) is 4.94. The molecule has 10 heteroatoms. The summed E-state index contributed by atoms with van der Waals surface area (Å²) in [6, 6.07) is 12.9. The molecule has 0 unspecified atom stereocenters. The Morgan fingerprint density at radius 1 is 1.09 bits per heavy atom. The molecule has 3 aromatic rings. The molecule has 0 atom stereocenters. The highest BCUT2D eigenvalue weighted by molar-refractivity contribution is 5.90. The molecule has 0 radical (unpaired) electrons. The number of benzene rings is 1. The first-order valence-electron chi connectivity index (χ1n) is 11.0. The van der Waals surface area contributed by atoms with Crippen LogP contribution in [0.1, 0.15) is 25.7 Å². The first kappa shape index (κ1) is 23.8. The van der Waals surface area contributed by atoms with Crippen molar-refractivity contribution in [2.75, 3.05) is 23.3 Å². The number of nitrogens with one attached hydrogen (secondary N) is 1. The Labute approximate surface area is 202 Å². The van der Waals surface area contributed by atoms with Crippen molar-refractivity contribution in [2.45, 2.75) is 31.3 Å². The maximum atomic E-state index is 13.9. The number of pyridine rings is 1. The van der Waals surface area contributed by atoms with Gasteiger partial charge in [-0.1, -0.05) is 12.1 Å². The van der Waals surface area contributed by atoms with Gasteiger partial charge in [0.15, 0.2) is 0 Å². The van der Waals surface area contributed by atoms with Crippen molar-refractivity contribution in [1.82, 2.24) is 15.2 Å². The number of carbonyl (C=O) groups is 1. The number of nitrogens with zero attached hydrogens (tertiary/aromatic N) is 4. The Balaban J connectivity index is 0.00000274. The minimum Gasteiger partial charge on any atom is -0.441 e. The molecular weight excluding hydrogens is 464 g/mol. The summed E-state index contributed by atoms with van der Waals surface area (Å²) >= 11 is 0. The highest BCUT2D eigenvalue weighted by atomic mass is 35.5. The van der Waals surface area contributed by atoms with E-state index in [1.807, 2.05) is 0 Å². The van der Waals surface area contributed by atoms with Crippen LogP contribution in [0.4, 0.5) is 25.1 Å². The van der Waals surface area contributed by atoms with Gasteiger partial charge in [0.05, 0.1) is 17.9 Å². The van der Waals surface area contributed by atoms with Crippen LogP contribution in [0.2, 0.25) is 0 Å². The Kier molecular flexibility index (Phi) is 6.92. The van der Waals surface area contributed by atoms with Crippen molar-refractivity contribution in [3.63, 3.8) is 0 Å². The number of halogens is 3.